The molecule has 0 aromatic carbocycles. The molecule has 1 aliphatic rings. The van der Waals surface area contributed by atoms with Crippen molar-refractivity contribution in [2.24, 2.45) is 0 Å². The molecule has 1 aliphatic heterocycles. The molecule has 1 heterocycles. The minimum atomic E-state index is -1.90. The van der Waals surface area contributed by atoms with Crippen LogP contribution in [-0.4, -0.2) is 89.2 Å². The van der Waals surface area contributed by atoms with Crippen LogP contribution in [0.25, 0.3) is 0 Å². The average Bonchev–Trinajstić information content (AvgIpc) is 3.53. The number of unbranched alkanes of at least 4 members (excludes halogenated alkanes) is 39. The van der Waals surface area contributed by atoms with Crippen LogP contribution >= 0.6 is 0 Å². The van der Waals surface area contributed by atoms with Crippen LogP contribution in [0.1, 0.15) is 329 Å². The van der Waals surface area contributed by atoms with Crippen LogP contribution in [0.3, 0.4) is 0 Å². The Morgan fingerprint density at radius 3 is 1.15 bits per heavy atom. The van der Waals surface area contributed by atoms with Gasteiger partial charge in [0.25, 0.3) is 0 Å². The summed E-state index contributed by atoms with van der Waals surface area (Å²) in [4.78, 5) is 51.4. The summed E-state index contributed by atoms with van der Waals surface area (Å²) in [5, 5.41) is 31.6. The molecule has 0 saturated carbocycles. The quantitative estimate of drug-likeness (QED) is 0.0228. The summed E-state index contributed by atoms with van der Waals surface area (Å²) >= 11 is 0. The van der Waals surface area contributed by atoms with Gasteiger partial charge in [0.15, 0.2) is 24.6 Å². The smallest absolute Gasteiger partial charge is 0.335 e. The largest absolute Gasteiger partial charge is 0.479 e. The Kier molecular flexibility index (Phi) is 53.8. The van der Waals surface area contributed by atoms with Gasteiger partial charge in [-0.1, -0.05) is 288 Å². The number of ether oxygens (including phenoxy) is 5. The summed E-state index contributed by atoms with van der Waals surface area (Å²) in [5.41, 5.74) is 0. The molecule has 1 fully saturated rings. The van der Waals surface area contributed by atoms with E-state index >= 15 is 0 Å². The number of carbonyl (C=O) groups is 4. The zero-order chi connectivity index (χ0) is 58.9. The molecule has 0 spiro atoms. The Bertz CT molecular complexity index is 1550. The molecule has 0 bridgehead atoms. The number of carbonyl (C=O) groups excluding carboxylic acids is 3. The van der Waals surface area contributed by atoms with Crippen molar-refractivity contribution in [3.8, 4) is 0 Å². The highest BCUT2D eigenvalue weighted by atomic mass is 16.7. The van der Waals surface area contributed by atoms with E-state index in [1.54, 1.807) is 0 Å². The molecule has 472 valence electrons. The number of esters is 3. The van der Waals surface area contributed by atoms with Gasteiger partial charge in [-0.15, -0.1) is 0 Å². The molecule has 0 aromatic heterocycles. The van der Waals surface area contributed by atoms with Gasteiger partial charge in [-0.2, -0.15) is 0 Å². The molecular formula is C69H124O12. The molecule has 6 atom stereocenters. The molecule has 1 rings (SSSR count). The molecule has 81 heavy (non-hydrogen) atoms. The van der Waals surface area contributed by atoms with Crippen LogP contribution in [-0.2, 0) is 42.9 Å². The van der Waals surface area contributed by atoms with Crippen LogP contribution < -0.4 is 0 Å². The van der Waals surface area contributed by atoms with Crippen LogP contribution in [0, 0.1) is 0 Å². The van der Waals surface area contributed by atoms with Crippen LogP contribution in [0.2, 0.25) is 0 Å². The van der Waals surface area contributed by atoms with Crippen LogP contribution in [0.4, 0.5) is 0 Å². The van der Waals surface area contributed by atoms with E-state index in [1.165, 1.54) is 180 Å². The van der Waals surface area contributed by atoms with Gasteiger partial charge >= 0.3 is 23.9 Å². The molecule has 0 amide bonds. The summed E-state index contributed by atoms with van der Waals surface area (Å²) in [6, 6.07) is 0. The fourth-order valence-corrected chi connectivity index (χ4v) is 10.5. The third-order valence-electron chi connectivity index (χ3n) is 15.7. The lowest BCUT2D eigenvalue weighted by Gasteiger charge is -2.40. The predicted octanol–water partition coefficient (Wildman–Crippen LogP) is 18.4. The highest BCUT2D eigenvalue weighted by molar-refractivity contribution is 5.74. The fourth-order valence-electron chi connectivity index (χ4n) is 10.5. The first kappa shape index (κ1) is 76.0. The highest BCUT2D eigenvalue weighted by Gasteiger charge is 2.50. The number of allylic oxidation sites excluding steroid dienone is 6. The second-order valence-corrected chi connectivity index (χ2v) is 23.5. The van der Waals surface area contributed by atoms with E-state index in [-0.39, 0.29) is 25.9 Å². The monoisotopic (exact) mass is 1140 g/mol. The molecule has 0 aromatic rings. The van der Waals surface area contributed by atoms with E-state index in [0.717, 1.165) is 89.9 Å². The van der Waals surface area contributed by atoms with Gasteiger partial charge in [0.05, 0.1) is 6.61 Å². The molecule has 0 aliphatic carbocycles. The molecule has 0 radical (unpaired) electrons. The standard InChI is InChI=1S/C69H124O12/c1-4-7-10-13-16-19-22-25-28-30-31-33-35-37-40-43-46-49-52-55-61(70)77-58-60(79-62(71)56-53-50-47-44-41-39-36-32-29-26-23-20-17-14-11-8-5-2)59-78-69-67(65(74)64(73)66(81-69)68(75)76)80-63(72)57-54-51-48-45-42-38-34-27-24-21-18-15-12-9-6-3/h16,19,25,28,31,33,60,64-67,69,73-74H,4-15,17-18,20-24,26-27,29-30,32,34-59H2,1-3H3,(H,75,76)/b19-16-,28-25-,33-31-. The number of hydrogen-bond donors (Lipinski definition) is 3. The first-order valence-electron chi connectivity index (χ1n) is 34.0. The van der Waals surface area contributed by atoms with Gasteiger partial charge in [-0.05, 0) is 57.8 Å². The van der Waals surface area contributed by atoms with E-state index in [9.17, 15) is 34.5 Å². The highest BCUT2D eigenvalue weighted by Crippen LogP contribution is 2.27. The summed E-state index contributed by atoms with van der Waals surface area (Å²) in [5.74, 6) is -3.09. The Morgan fingerprint density at radius 2 is 0.741 bits per heavy atom. The number of aliphatic carboxylic acids is 1. The molecule has 6 unspecified atom stereocenters. The lowest BCUT2D eigenvalue weighted by molar-refractivity contribution is -0.301. The lowest BCUT2D eigenvalue weighted by atomic mass is 9.98. The number of hydrogen-bond acceptors (Lipinski definition) is 11. The summed E-state index contributed by atoms with van der Waals surface area (Å²) in [7, 11) is 0. The number of carboxylic acids is 1. The number of carboxylic acid groups (broad SMARTS) is 1. The van der Waals surface area contributed by atoms with Crippen molar-refractivity contribution in [1.29, 1.82) is 0 Å². The second kappa shape index (κ2) is 57.4. The first-order chi connectivity index (χ1) is 39.6. The molecule has 3 N–H and O–H groups in total. The predicted molar refractivity (Wildman–Crippen MR) is 331 cm³/mol. The van der Waals surface area contributed by atoms with Gasteiger partial charge in [-0.3, -0.25) is 14.4 Å². The summed E-state index contributed by atoms with van der Waals surface area (Å²) in [6.07, 6.45) is 56.7. The Labute approximate surface area is 495 Å². The maximum atomic E-state index is 13.2. The van der Waals surface area contributed by atoms with Crippen LogP contribution in [0.5, 0.6) is 0 Å². The number of aliphatic hydroxyl groups is 2. The number of rotatable bonds is 59. The van der Waals surface area contributed by atoms with E-state index in [4.69, 9.17) is 23.7 Å². The topological polar surface area (TPSA) is 175 Å². The SMILES string of the molecule is CCCCC/C=C\C/C=C\C/C=C\CCCCCCCCC(=O)OCC(COC1OC(C(=O)O)C(O)C(O)C1OC(=O)CCCCCCCCCCCCCCCCC)OC(=O)CCCCCCCCCCCCCCCCCCC. The minimum Gasteiger partial charge on any atom is -0.479 e. The van der Waals surface area contributed by atoms with Crippen molar-refractivity contribution in [3.05, 3.63) is 36.5 Å². The molecule has 12 nitrogen and oxygen atoms in total. The molecular weight excluding hydrogens is 1020 g/mol. The lowest BCUT2D eigenvalue weighted by Crippen LogP contribution is -2.61. The normalized spacial score (nSPS) is 17.9. The fraction of sp³-hybridized carbons (Fsp3) is 0.855. The van der Waals surface area contributed by atoms with Crippen molar-refractivity contribution in [2.45, 2.75) is 366 Å². The maximum Gasteiger partial charge on any atom is 0.335 e. The average molecular weight is 1150 g/mol. The third kappa shape index (κ3) is 46.9. The van der Waals surface area contributed by atoms with E-state index < -0.39 is 67.3 Å². The van der Waals surface area contributed by atoms with Crippen molar-refractivity contribution < 1.29 is 58.2 Å². The molecule has 1 saturated heterocycles. The molecule has 12 heteroatoms. The third-order valence-corrected chi connectivity index (χ3v) is 15.7. The zero-order valence-electron chi connectivity index (χ0n) is 52.3. The van der Waals surface area contributed by atoms with E-state index in [0.29, 0.717) is 19.3 Å². The van der Waals surface area contributed by atoms with Gasteiger partial charge < -0.3 is 39.0 Å². The van der Waals surface area contributed by atoms with Crippen molar-refractivity contribution >= 4 is 23.9 Å². The van der Waals surface area contributed by atoms with E-state index in [2.05, 4.69) is 57.2 Å². The van der Waals surface area contributed by atoms with Gasteiger partial charge in [0.1, 0.15) is 18.8 Å². The Balaban J connectivity index is 2.64. The summed E-state index contributed by atoms with van der Waals surface area (Å²) < 4.78 is 28.6. The Hall–Kier alpha value is -3.06. The van der Waals surface area contributed by atoms with Crippen LogP contribution in [0.15, 0.2) is 36.5 Å². The first-order valence-corrected chi connectivity index (χ1v) is 34.0. The van der Waals surface area contributed by atoms with Crippen molar-refractivity contribution in [1.82, 2.24) is 0 Å². The van der Waals surface area contributed by atoms with Gasteiger partial charge in [0, 0.05) is 19.3 Å². The Morgan fingerprint density at radius 1 is 0.407 bits per heavy atom. The van der Waals surface area contributed by atoms with Gasteiger partial charge in [-0.25, -0.2) is 4.79 Å². The van der Waals surface area contributed by atoms with E-state index in [1.807, 2.05) is 0 Å². The van der Waals surface area contributed by atoms with Crippen molar-refractivity contribution in [2.75, 3.05) is 13.2 Å². The van der Waals surface area contributed by atoms with Gasteiger partial charge in [0.2, 0.25) is 0 Å². The minimum absolute atomic E-state index is 0.0656. The maximum absolute atomic E-state index is 13.2. The second-order valence-electron chi connectivity index (χ2n) is 23.5. The number of aliphatic hydroxyl groups excluding tert-OH is 2. The summed E-state index contributed by atoms with van der Waals surface area (Å²) in [6.45, 7) is 6.02. The zero-order valence-corrected chi connectivity index (χ0v) is 52.3. The van der Waals surface area contributed by atoms with Crippen molar-refractivity contribution in [3.63, 3.8) is 0 Å².